The minimum Gasteiger partial charge on any atom is -0.480 e. The number of amides is 2. The summed E-state index contributed by atoms with van der Waals surface area (Å²) in [6.45, 7) is -0.609. The van der Waals surface area contributed by atoms with Crippen LogP contribution in [0.25, 0.3) is 0 Å². The maximum atomic E-state index is 11.4. The Morgan fingerprint density at radius 1 is 1.41 bits per heavy atom. The summed E-state index contributed by atoms with van der Waals surface area (Å²) in [6.07, 6.45) is 0.0112. The molecule has 0 heterocycles. The van der Waals surface area contributed by atoms with Gasteiger partial charge in [-0.25, -0.2) is 9.59 Å². The van der Waals surface area contributed by atoms with Crippen LogP contribution in [0.15, 0.2) is 0 Å². The SMILES string of the molecule is COC(=O)CCN(C)C(=O)N[C@@H](CO)C(=O)O. The van der Waals surface area contributed by atoms with Gasteiger partial charge in [0.05, 0.1) is 20.1 Å². The Balaban J connectivity index is 4.12. The first kappa shape index (κ1) is 15.2. The van der Waals surface area contributed by atoms with Crippen molar-refractivity contribution in [3.8, 4) is 0 Å². The van der Waals surface area contributed by atoms with Crippen LogP contribution >= 0.6 is 0 Å². The molecule has 0 rings (SSSR count). The number of carbonyl (C=O) groups excluding carboxylic acids is 2. The molecule has 0 saturated carbocycles. The largest absolute Gasteiger partial charge is 0.480 e. The third-order valence-corrected chi connectivity index (χ3v) is 2.00. The number of urea groups is 1. The zero-order chi connectivity index (χ0) is 13.4. The van der Waals surface area contributed by atoms with Crippen LogP contribution in [0.1, 0.15) is 6.42 Å². The van der Waals surface area contributed by atoms with Crippen LogP contribution < -0.4 is 5.32 Å². The van der Waals surface area contributed by atoms with Gasteiger partial charge in [0.25, 0.3) is 0 Å². The lowest BCUT2D eigenvalue weighted by Crippen LogP contribution is -2.48. The van der Waals surface area contributed by atoms with E-state index in [0.29, 0.717) is 0 Å². The van der Waals surface area contributed by atoms with Gasteiger partial charge < -0.3 is 25.2 Å². The quantitative estimate of drug-likeness (QED) is 0.500. The van der Waals surface area contributed by atoms with Crippen molar-refractivity contribution in [3.05, 3.63) is 0 Å². The van der Waals surface area contributed by atoms with E-state index in [9.17, 15) is 14.4 Å². The molecule has 0 aliphatic heterocycles. The molecule has 8 heteroatoms. The maximum Gasteiger partial charge on any atom is 0.328 e. The summed E-state index contributed by atoms with van der Waals surface area (Å²) in [6, 6.07) is -2.04. The molecule has 0 spiro atoms. The van der Waals surface area contributed by atoms with Crippen LogP contribution in [0.5, 0.6) is 0 Å². The van der Waals surface area contributed by atoms with E-state index in [2.05, 4.69) is 10.1 Å². The molecule has 0 saturated heterocycles. The molecule has 3 N–H and O–H groups in total. The molecule has 8 nitrogen and oxygen atoms in total. The lowest BCUT2D eigenvalue weighted by atomic mass is 10.3. The molecule has 98 valence electrons. The molecule has 0 unspecified atom stereocenters. The Bertz CT molecular complexity index is 293. The van der Waals surface area contributed by atoms with Crippen LogP contribution in [0.3, 0.4) is 0 Å². The third-order valence-electron chi connectivity index (χ3n) is 2.00. The molecule has 0 aromatic carbocycles. The van der Waals surface area contributed by atoms with Crippen LogP contribution in [0.4, 0.5) is 4.79 Å². The number of carboxylic acids is 1. The number of aliphatic hydroxyl groups is 1. The third kappa shape index (κ3) is 5.71. The molecule has 0 aromatic heterocycles. The average Bonchev–Trinajstić information content (AvgIpc) is 2.31. The fourth-order valence-corrected chi connectivity index (χ4v) is 0.907. The summed E-state index contributed by atoms with van der Waals surface area (Å²) >= 11 is 0. The van der Waals surface area contributed by atoms with E-state index in [1.807, 2.05) is 0 Å². The fourth-order valence-electron chi connectivity index (χ4n) is 0.907. The lowest BCUT2D eigenvalue weighted by Gasteiger charge is -2.19. The minimum atomic E-state index is -1.36. The number of nitrogens with one attached hydrogen (secondary N) is 1. The number of nitrogens with zero attached hydrogens (tertiary/aromatic N) is 1. The molecule has 1 atom stereocenters. The van der Waals surface area contributed by atoms with Gasteiger partial charge in [-0.15, -0.1) is 0 Å². The molecule has 0 radical (unpaired) electrons. The summed E-state index contributed by atoms with van der Waals surface area (Å²) in [5.41, 5.74) is 0. The van der Waals surface area contributed by atoms with Crippen molar-refractivity contribution in [3.63, 3.8) is 0 Å². The number of carboxylic acid groups (broad SMARTS) is 1. The first-order valence-electron chi connectivity index (χ1n) is 4.84. The van der Waals surface area contributed by atoms with Crippen molar-refractivity contribution in [2.75, 3.05) is 27.3 Å². The Labute approximate surface area is 98.2 Å². The summed E-state index contributed by atoms with van der Waals surface area (Å²) in [4.78, 5) is 33.9. The second kappa shape index (κ2) is 7.44. The van der Waals surface area contributed by atoms with Crippen molar-refractivity contribution >= 4 is 18.0 Å². The Kier molecular flexibility index (Phi) is 6.64. The van der Waals surface area contributed by atoms with Crippen molar-refractivity contribution < 1.29 is 29.3 Å². The summed E-state index contributed by atoms with van der Waals surface area (Å²) in [7, 11) is 2.63. The van der Waals surface area contributed by atoms with Crippen molar-refractivity contribution in [2.24, 2.45) is 0 Å². The molecule has 0 aliphatic rings. The van der Waals surface area contributed by atoms with Gasteiger partial charge in [-0.3, -0.25) is 4.79 Å². The van der Waals surface area contributed by atoms with E-state index in [1.54, 1.807) is 0 Å². The molecular weight excluding hydrogens is 232 g/mol. The number of hydrogen-bond acceptors (Lipinski definition) is 5. The topological polar surface area (TPSA) is 116 Å². The van der Waals surface area contributed by atoms with Gasteiger partial charge in [0, 0.05) is 13.6 Å². The highest BCUT2D eigenvalue weighted by Gasteiger charge is 2.20. The second-order valence-corrected chi connectivity index (χ2v) is 3.27. The summed E-state index contributed by atoms with van der Waals surface area (Å²) < 4.78 is 4.39. The molecule has 2 amide bonds. The molecular formula is C9H16N2O6. The highest BCUT2D eigenvalue weighted by Crippen LogP contribution is 1.93. The predicted octanol–water partition coefficient (Wildman–Crippen LogP) is -1.36. The van der Waals surface area contributed by atoms with Gasteiger partial charge >= 0.3 is 18.0 Å². The molecule has 0 bridgehead atoms. The van der Waals surface area contributed by atoms with E-state index in [0.717, 1.165) is 4.90 Å². The van der Waals surface area contributed by atoms with Gasteiger partial charge in [0.1, 0.15) is 0 Å². The normalized spacial score (nSPS) is 11.5. The number of aliphatic carboxylic acids is 1. The van der Waals surface area contributed by atoms with Gasteiger partial charge in [0.2, 0.25) is 0 Å². The number of hydrogen-bond donors (Lipinski definition) is 3. The zero-order valence-electron chi connectivity index (χ0n) is 9.67. The predicted molar refractivity (Wildman–Crippen MR) is 56.3 cm³/mol. The lowest BCUT2D eigenvalue weighted by molar-refractivity contribution is -0.141. The highest BCUT2D eigenvalue weighted by molar-refractivity contribution is 5.82. The number of esters is 1. The number of methoxy groups -OCH3 is 1. The number of rotatable bonds is 6. The van der Waals surface area contributed by atoms with Gasteiger partial charge in [-0.1, -0.05) is 0 Å². The molecule has 0 aromatic rings. The van der Waals surface area contributed by atoms with Gasteiger partial charge in [0.15, 0.2) is 6.04 Å². The first-order valence-corrected chi connectivity index (χ1v) is 4.84. The van der Waals surface area contributed by atoms with E-state index in [4.69, 9.17) is 10.2 Å². The van der Waals surface area contributed by atoms with E-state index in [1.165, 1.54) is 14.2 Å². The van der Waals surface area contributed by atoms with E-state index < -0.39 is 30.6 Å². The average molecular weight is 248 g/mol. The summed E-state index contributed by atoms with van der Waals surface area (Å²) in [5, 5.41) is 19.4. The summed E-state index contributed by atoms with van der Waals surface area (Å²) in [5.74, 6) is -1.80. The number of ether oxygens (including phenoxy) is 1. The zero-order valence-corrected chi connectivity index (χ0v) is 9.67. The second-order valence-electron chi connectivity index (χ2n) is 3.27. The maximum absolute atomic E-state index is 11.4. The monoisotopic (exact) mass is 248 g/mol. The Morgan fingerprint density at radius 2 is 2.00 bits per heavy atom. The Hall–Kier alpha value is -1.83. The molecule has 0 aliphatic carbocycles. The van der Waals surface area contributed by atoms with E-state index in [-0.39, 0.29) is 13.0 Å². The standard InChI is InChI=1S/C9H16N2O6/c1-11(4-3-7(13)17-2)9(16)10-6(5-12)8(14)15/h6,12H,3-5H2,1-2H3,(H,10,16)(H,14,15)/t6-/m0/s1. The van der Waals surface area contributed by atoms with Crippen LogP contribution in [-0.4, -0.2) is 66.4 Å². The smallest absolute Gasteiger partial charge is 0.328 e. The Morgan fingerprint density at radius 3 is 2.41 bits per heavy atom. The van der Waals surface area contributed by atoms with Crippen LogP contribution in [0.2, 0.25) is 0 Å². The van der Waals surface area contributed by atoms with Crippen molar-refractivity contribution in [2.45, 2.75) is 12.5 Å². The van der Waals surface area contributed by atoms with Gasteiger partial charge in [-0.05, 0) is 0 Å². The van der Waals surface area contributed by atoms with Crippen LogP contribution in [0, 0.1) is 0 Å². The van der Waals surface area contributed by atoms with Gasteiger partial charge in [-0.2, -0.15) is 0 Å². The molecule has 17 heavy (non-hydrogen) atoms. The number of carbonyl (C=O) groups is 3. The van der Waals surface area contributed by atoms with Crippen molar-refractivity contribution in [1.82, 2.24) is 10.2 Å². The van der Waals surface area contributed by atoms with Crippen LogP contribution in [-0.2, 0) is 14.3 Å². The number of aliphatic hydroxyl groups excluding tert-OH is 1. The minimum absolute atomic E-state index is 0.0112. The fraction of sp³-hybridized carbons (Fsp3) is 0.667. The van der Waals surface area contributed by atoms with Crippen molar-refractivity contribution in [1.29, 1.82) is 0 Å². The molecule has 0 fully saturated rings. The highest BCUT2D eigenvalue weighted by atomic mass is 16.5. The first-order chi connectivity index (χ1) is 7.92. The van der Waals surface area contributed by atoms with E-state index >= 15 is 0 Å².